The monoisotopic (exact) mass is 293 g/mol. The molecule has 0 radical (unpaired) electrons. The number of carboxylic acids is 1. The Labute approximate surface area is 123 Å². The number of aliphatic carboxylic acids is 1. The summed E-state index contributed by atoms with van der Waals surface area (Å²) in [5.41, 5.74) is 0.604. The zero-order chi connectivity index (χ0) is 15.5. The summed E-state index contributed by atoms with van der Waals surface area (Å²) in [7, 11) is 1.60. The number of rotatable bonds is 9. The Kier molecular flexibility index (Phi) is 7.60. The fourth-order valence-electron chi connectivity index (χ4n) is 1.55. The molecule has 114 valence electrons. The van der Waals surface area contributed by atoms with Crippen molar-refractivity contribution < 1.29 is 24.2 Å². The van der Waals surface area contributed by atoms with Crippen LogP contribution in [0, 0.1) is 0 Å². The van der Waals surface area contributed by atoms with Crippen LogP contribution in [0.2, 0.25) is 0 Å². The Morgan fingerprint density at radius 2 is 2.10 bits per heavy atom. The second-order valence-electron chi connectivity index (χ2n) is 4.19. The molecule has 0 aliphatic carbocycles. The highest BCUT2D eigenvalue weighted by atomic mass is 16.5. The molecule has 0 saturated carbocycles. The maximum Gasteiger partial charge on any atom is 0.328 e. The second kappa shape index (κ2) is 9.55. The van der Waals surface area contributed by atoms with Gasteiger partial charge in [-0.2, -0.15) is 0 Å². The van der Waals surface area contributed by atoms with Crippen molar-refractivity contribution in [2.45, 2.75) is 6.42 Å². The lowest BCUT2D eigenvalue weighted by atomic mass is 10.2. The Hall–Kier alpha value is -2.34. The molecule has 6 heteroatoms. The zero-order valence-corrected chi connectivity index (χ0v) is 11.9. The first kappa shape index (κ1) is 16.7. The van der Waals surface area contributed by atoms with E-state index in [1.165, 1.54) is 6.08 Å². The summed E-state index contributed by atoms with van der Waals surface area (Å²) < 4.78 is 10.3. The van der Waals surface area contributed by atoms with Crippen molar-refractivity contribution in [2.24, 2.45) is 0 Å². The van der Waals surface area contributed by atoms with Crippen LogP contribution in [0.1, 0.15) is 12.0 Å². The minimum Gasteiger partial charge on any atom is -0.483 e. The lowest BCUT2D eigenvalue weighted by molar-refractivity contribution is -0.131. The minimum atomic E-state index is -1.04. The molecule has 21 heavy (non-hydrogen) atoms. The third-order valence-corrected chi connectivity index (χ3v) is 2.53. The molecular weight excluding hydrogens is 274 g/mol. The van der Waals surface area contributed by atoms with E-state index in [1.807, 2.05) is 0 Å². The van der Waals surface area contributed by atoms with Gasteiger partial charge >= 0.3 is 5.97 Å². The summed E-state index contributed by atoms with van der Waals surface area (Å²) >= 11 is 0. The summed E-state index contributed by atoms with van der Waals surface area (Å²) in [5, 5.41) is 11.3. The van der Waals surface area contributed by atoms with Crippen LogP contribution in [0.4, 0.5) is 0 Å². The molecule has 0 aliphatic heterocycles. The van der Waals surface area contributed by atoms with E-state index < -0.39 is 5.97 Å². The average molecular weight is 293 g/mol. The molecule has 0 spiro atoms. The van der Waals surface area contributed by atoms with Gasteiger partial charge in [0.25, 0.3) is 5.91 Å². The molecular formula is C15H19NO5. The predicted molar refractivity (Wildman–Crippen MR) is 78.1 cm³/mol. The fraction of sp³-hybridized carbons (Fsp3) is 0.333. The summed E-state index contributed by atoms with van der Waals surface area (Å²) in [4.78, 5) is 22.1. The van der Waals surface area contributed by atoms with Gasteiger partial charge in [-0.3, -0.25) is 4.79 Å². The number of hydrogen-bond acceptors (Lipinski definition) is 4. The number of carbonyl (C=O) groups is 2. The number of carbonyl (C=O) groups excluding carboxylic acids is 1. The van der Waals surface area contributed by atoms with Crippen LogP contribution in [-0.4, -0.2) is 43.9 Å². The van der Waals surface area contributed by atoms with Crippen LogP contribution in [-0.2, 0) is 14.3 Å². The highest BCUT2D eigenvalue weighted by Crippen LogP contribution is 2.19. The number of methoxy groups -OCH3 is 1. The topological polar surface area (TPSA) is 84.9 Å². The second-order valence-corrected chi connectivity index (χ2v) is 4.19. The Morgan fingerprint density at radius 3 is 2.81 bits per heavy atom. The minimum absolute atomic E-state index is 0.120. The van der Waals surface area contributed by atoms with E-state index in [2.05, 4.69) is 5.32 Å². The smallest absolute Gasteiger partial charge is 0.328 e. The van der Waals surface area contributed by atoms with Crippen LogP contribution >= 0.6 is 0 Å². The summed E-state index contributed by atoms with van der Waals surface area (Å²) in [6, 6.07) is 6.91. The van der Waals surface area contributed by atoms with Crippen molar-refractivity contribution >= 4 is 18.0 Å². The molecule has 0 aliphatic rings. The molecule has 0 unspecified atom stereocenters. The van der Waals surface area contributed by atoms with Crippen LogP contribution < -0.4 is 10.1 Å². The normalized spacial score (nSPS) is 10.5. The van der Waals surface area contributed by atoms with Crippen molar-refractivity contribution in [3.05, 3.63) is 35.9 Å². The van der Waals surface area contributed by atoms with E-state index in [9.17, 15) is 9.59 Å². The summed E-state index contributed by atoms with van der Waals surface area (Å²) in [6.07, 6.45) is 3.18. The van der Waals surface area contributed by atoms with Crippen LogP contribution in [0.15, 0.2) is 30.3 Å². The molecule has 1 aromatic carbocycles. The first-order valence-corrected chi connectivity index (χ1v) is 6.52. The van der Waals surface area contributed by atoms with Crippen molar-refractivity contribution in [3.63, 3.8) is 0 Å². The number of ether oxygens (including phenoxy) is 2. The van der Waals surface area contributed by atoms with E-state index in [4.69, 9.17) is 14.6 Å². The first-order valence-electron chi connectivity index (χ1n) is 6.52. The quantitative estimate of drug-likeness (QED) is 0.530. The molecule has 1 aromatic rings. The van der Waals surface area contributed by atoms with E-state index in [0.29, 0.717) is 24.5 Å². The average Bonchev–Trinajstić information content (AvgIpc) is 2.48. The van der Waals surface area contributed by atoms with Gasteiger partial charge in [-0.05, 0) is 18.6 Å². The maximum absolute atomic E-state index is 11.6. The zero-order valence-electron chi connectivity index (χ0n) is 11.9. The van der Waals surface area contributed by atoms with Crippen molar-refractivity contribution in [1.82, 2.24) is 5.32 Å². The molecule has 0 aromatic heterocycles. The van der Waals surface area contributed by atoms with Crippen molar-refractivity contribution in [3.8, 4) is 5.75 Å². The van der Waals surface area contributed by atoms with Crippen LogP contribution in [0.25, 0.3) is 6.08 Å². The highest BCUT2D eigenvalue weighted by molar-refractivity contribution is 5.86. The number of nitrogens with one attached hydrogen (secondary N) is 1. The largest absolute Gasteiger partial charge is 0.483 e. The molecule has 0 bridgehead atoms. The Balaban J connectivity index is 2.47. The lowest BCUT2D eigenvalue weighted by Gasteiger charge is -2.09. The first-order chi connectivity index (χ1) is 10.1. The van der Waals surface area contributed by atoms with Gasteiger partial charge in [0.2, 0.25) is 0 Å². The molecule has 1 rings (SSSR count). The third-order valence-electron chi connectivity index (χ3n) is 2.53. The van der Waals surface area contributed by atoms with E-state index >= 15 is 0 Å². The van der Waals surface area contributed by atoms with Gasteiger partial charge in [-0.25, -0.2) is 4.79 Å². The highest BCUT2D eigenvalue weighted by Gasteiger charge is 2.05. The van der Waals surface area contributed by atoms with Gasteiger partial charge in [0.05, 0.1) is 0 Å². The third kappa shape index (κ3) is 7.12. The Bertz CT molecular complexity index is 499. The molecule has 2 N–H and O–H groups in total. The SMILES string of the molecule is COCCCNC(=O)COc1ccccc1C=CC(=O)O. The molecule has 0 saturated heterocycles. The van der Waals surface area contributed by atoms with Crippen molar-refractivity contribution in [1.29, 1.82) is 0 Å². The number of benzene rings is 1. The van der Waals surface area contributed by atoms with Crippen molar-refractivity contribution in [2.75, 3.05) is 26.9 Å². The number of amides is 1. The summed E-state index contributed by atoms with van der Waals surface area (Å²) in [5.74, 6) is -0.814. The fourth-order valence-corrected chi connectivity index (χ4v) is 1.55. The molecule has 0 fully saturated rings. The van der Waals surface area contributed by atoms with Crippen LogP contribution in [0.3, 0.4) is 0 Å². The standard InChI is InChI=1S/C15H19NO5/c1-20-10-4-9-16-14(17)11-21-13-6-3-2-5-12(13)7-8-15(18)19/h2-3,5-8H,4,9-11H2,1H3,(H,16,17)(H,18,19). The Morgan fingerprint density at radius 1 is 1.33 bits per heavy atom. The van der Waals surface area contributed by atoms with Gasteiger partial charge in [-0.1, -0.05) is 18.2 Å². The van der Waals surface area contributed by atoms with E-state index in [0.717, 1.165) is 12.5 Å². The van der Waals surface area contributed by atoms with Gasteiger partial charge in [-0.15, -0.1) is 0 Å². The van der Waals surface area contributed by atoms with Gasteiger partial charge in [0.1, 0.15) is 5.75 Å². The molecule has 0 atom stereocenters. The van der Waals surface area contributed by atoms with Crippen LogP contribution in [0.5, 0.6) is 5.75 Å². The van der Waals surface area contributed by atoms with Gasteiger partial charge in [0.15, 0.2) is 6.61 Å². The maximum atomic E-state index is 11.6. The molecule has 0 heterocycles. The number of carboxylic acid groups (broad SMARTS) is 1. The number of para-hydroxylation sites is 1. The molecule has 6 nitrogen and oxygen atoms in total. The molecule has 1 amide bonds. The van der Waals surface area contributed by atoms with E-state index in [-0.39, 0.29) is 12.5 Å². The lowest BCUT2D eigenvalue weighted by Crippen LogP contribution is -2.30. The predicted octanol–water partition coefficient (Wildman–Crippen LogP) is 1.32. The summed E-state index contributed by atoms with van der Waals surface area (Å²) in [6.45, 7) is 0.992. The van der Waals surface area contributed by atoms with Gasteiger partial charge in [0, 0.05) is 31.9 Å². The number of hydrogen-bond donors (Lipinski definition) is 2. The van der Waals surface area contributed by atoms with Gasteiger partial charge < -0.3 is 19.9 Å². The van der Waals surface area contributed by atoms with E-state index in [1.54, 1.807) is 31.4 Å².